The van der Waals surface area contributed by atoms with E-state index in [4.69, 9.17) is 17.7 Å². The topological polar surface area (TPSA) is 36.9 Å². The highest BCUT2D eigenvalue weighted by Gasteiger charge is 2.47. The van der Waals surface area contributed by atoms with E-state index in [2.05, 4.69) is 59.2 Å². The lowest BCUT2D eigenvalue weighted by atomic mass is 10.2. The van der Waals surface area contributed by atoms with E-state index < -0.39 is 25.2 Å². The Labute approximate surface area is 159 Å². The molecule has 150 valence electrons. The maximum absolute atomic E-state index is 6.53. The summed E-state index contributed by atoms with van der Waals surface area (Å²) in [6.45, 7) is 26.6. The number of rotatable bonds is 11. The Morgan fingerprint density at radius 1 is 0.760 bits per heavy atom. The van der Waals surface area contributed by atoms with Gasteiger partial charge in [0.1, 0.15) is 0 Å². The van der Waals surface area contributed by atoms with E-state index in [1.54, 1.807) is 0 Å². The fourth-order valence-corrected chi connectivity index (χ4v) is 8.61. The first-order chi connectivity index (χ1) is 11.2. The van der Waals surface area contributed by atoms with Gasteiger partial charge in [-0.15, -0.1) is 0 Å². The molecular formula is C18H42O4Si3. The molecule has 0 amide bonds. The second-order valence-electron chi connectivity index (χ2n) is 8.94. The van der Waals surface area contributed by atoms with Crippen LogP contribution in [0, 0.1) is 0 Å². The molecule has 0 saturated heterocycles. The molecule has 0 N–H and O–H groups in total. The van der Waals surface area contributed by atoms with Gasteiger partial charge >= 0.3 is 8.80 Å². The zero-order chi connectivity index (χ0) is 19.9. The molecular weight excluding hydrogens is 364 g/mol. The van der Waals surface area contributed by atoms with Crippen LogP contribution in [0.3, 0.4) is 0 Å². The molecule has 4 nitrogen and oxygen atoms in total. The van der Waals surface area contributed by atoms with Gasteiger partial charge in [0, 0.05) is 25.0 Å². The van der Waals surface area contributed by atoms with Crippen molar-refractivity contribution in [1.29, 1.82) is 0 Å². The van der Waals surface area contributed by atoms with Gasteiger partial charge in [-0.2, -0.15) is 0 Å². The molecule has 0 aromatic carbocycles. The SMILES string of the molecule is CCO[Si](OCC)(OCC)/C(=C/[Si](C)(C)C)CO[Si](C)(C)C(C)(C)C. The fourth-order valence-electron chi connectivity index (χ4n) is 2.19. The highest BCUT2D eigenvalue weighted by Crippen LogP contribution is 2.37. The van der Waals surface area contributed by atoms with Gasteiger partial charge in [-0.3, -0.25) is 0 Å². The summed E-state index contributed by atoms with van der Waals surface area (Å²) in [5.74, 6) is 0. The first kappa shape index (κ1) is 25.2. The van der Waals surface area contributed by atoms with E-state index in [0.29, 0.717) is 26.4 Å². The van der Waals surface area contributed by atoms with Gasteiger partial charge in [-0.25, -0.2) is 0 Å². The standard InChI is InChI=1S/C18H42O4Si3/c1-12-19-25(20-13-2,21-14-3)17(16-23(7,8)9)15-22-24(10,11)18(4,5)6/h16H,12-15H2,1-11H3/b17-16+. The summed E-state index contributed by atoms with van der Waals surface area (Å²) in [5.41, 5.74) is 2.37. The normalized spacial score (nSPS) is 14.9. The van der Waals surface area contributed by atoms with Crippen molar-refractivity contribution in [3.8, 4) is 0 Å². The molecule has 0 heterocycles. The summed E-state index contributed by atoms with van der Waals surface area (Å²) in [6, 6.07) is 0. The Bertz CT molecular complexity index is 406. The van der Waals surface area contributed by atoms with Crippen LogP contribution in [0.25, 0.3) is 0 Å². The lowest BCUT2D eigenvalue weighted by Crippen LogP contribution is -2.52. The molecule has 0 aromatic heterocycles. The quantitative estimate of drug-likeness (QED) is 0.430. The van der Waals surface area contributed by atoms with Gasteiger partial charge in [0.05, 0.1) is 14.7 Å². The minimum Gasteiger partial charge on any atom is -0.413 e. The van der Waals surface area contributed by atoms with Crippen molar-refractivity contribution in [1.82, 2.24) is 0 Å². The minimum atomic E-state index is -2.90. The van der Waals surface area contributed by atoms with Crippen molar-refractivity contribution in [2.75, 3.05) is 26.4 Å². The highest BCUT2D eigenvalue weighted by molar-refractivity contribution is 6.83. The molecule has 0 atom stereocenters. The Hall–Kier alpha value is 0.231. The third-order valence-corrected chi connectivity index (χ3v) is 13.5. The van der Waals surface area contributed by atoms with Gasteiger partial charge < -0.3 is 17.7 Å². The second kappa shape index (κ2) is 9.96. The van der Waals surface area contributed by atoms with E-state index >= 15 is 0 Å². The van der Waals surface area contributed by atoms with E-state index in [1.807, 2.05) is 20.8 Å². The van der Waals surface area contributed by atoms with Crippen LogP contribution in [0.2, 0.25) is 37.8 Å². The molecule has 0 radical (unpaired) electrons. The number of hydrogen-bond acceptors (Lipinski definition) is 4. The summed E-state index contributed by atoms with van der Waals surface area (Å²) < 4.78 is 25.0. The molecule has 7 heteroatoms. The third kappa shape index (κ3) is 8.19. The number of hydrogen-bond donors (Lipinski definition) is 0. The molecule has 0 aromatic rings. The van der Waals surface area contributed by atoms with Crippen LogP contribution in [0.15, 0.2) is 10.9 Å². The Kier molecular flexibility index (Phi) is 10.1. The molecule has 0 fully saturated rings. The summed E-state index contributed by atoms with van der Waals surface area (Å²) in [6.07, 6.45) is 0. The van der Waals surface area contributed by atoms with Crippen molar-refractivity contribution < 1.29 is 17.7 Å². The zero-order valence-corrected chi connectivity index (χ0v) is 21.5. The van der Waals surface area contributed by atoms with E-state index in [0.717, 1.165) is 5.20 Å². The monoisotopic (exact) mass is 406 g/mol. The second-order valence-corrected chi connectivity index (χ2v) is 21.4. The van der Waals surface area contributed by atoms with Crippen LogP contribution < -0.4 is 0 Å². The first-order valence-electron chi connectivity index (χ1n) is 9.52. The first-order valence-corrected chi connectivity index (χ1v) is 17.7. The molecule has 25 heavy (non-hydrogen) atoms. The average molecular weight is 407 g/mol. The van der Waals surface area contributed by atoms with Crippen molar-refractivity contribution in [2.45, 2.75) is 79.3 Å². The largest absolute Gasteiger partial charge is 0.534 e. The Morgan fingerprint density at radius 3 is 1.44 bits per heavy atom. The van der Waals surface area contributed by atoms with E-state index in [-0.39, 0.29) is 5.04 Å². The fraction of sp³-hybridized carbons (Fsp3) is 0.889. The van der Waals surface area contributed by atoms with Gasteiger partial charge in [0.25, 0.3) is 0 Å². The molecule has 0 aliphatic carbocycles. The van der Waals surface area contributed by atoms with Crippen molar-refractivity contribution >= 4 is 25.2 Å². The average Bonchev–Trinajstić information content (AvgIpc) is 2.41. The lowest BCUT2D eigenvalue weighted by molar-refractivity contribution is 0.0775. The lowest BCUT2D eigenvalue weighted by Gasteiger charge is -2.38. The molecule has 0 saturated carbocycles. The zero-order valence-electron chi connectivity index (χ0n) is 18.5. The summed E-state index contributed by atoms with van der Waals surface area (Å²) in [7, 11) is -6.25. The Balaban J connectivity index is 5.85. The highest BCUT2D eigenvalue weighted by atomic mass is 28.4. The predicted octanol–water partition coefficient (Wildman–Crippen LogP) is 5.40. The maximum atomic E-state index is 6.53. The molecule has 0 spiro atoms. The van der Waals surface area contributed by atoms with Gasteiger partial charge in [0.15, 0.2) is 8.32 Å². The molecule has 0 bridgehead atoms. The van der Waals surface area contributed by atoms with Crippen LogP contribution in [0.5, 0.6) is 0 Å². The Morgan fingerprint density at radius 2 is 1.16 bits per heavy atom. The van der Waals surface area contributed by atoms with Gasteiger partial charge in [0.2, 0.25) is 0 Å². The smallest absolute Gasteiger partial charge is 0.413 e. The van der Waals surface area contributed by atoms with Crippen LogP contribution in [-0.2, 0) is 17.7 Å². The minimum absolute atomic E-state index is 0.171. The van der Waals surface area contributed by atoms with Gasteiger partial charge in [-0.05, 0) is 38.9 Å². The van der Waals surface area contributed by atoms with Gasteiger partial charge in [-0.1, -0.05) is 46.1 Å². The van der Waals surface area contributed by atoms with Crippen molar-refractivity contribution in [2.24, 2.45) is 0 Å². The van der Waals surface area contributed by atoms with Crippen LogP contribution in [0.1, 0.15) is 41.5 Å². The van der Waals surface area contributed by atoms with E-state index in [9.17, 15) is 0 Å². The summed E-state index contributed by atoms with van der Waals surface area (Å²) in [5, 5.41) is 1.28. The predicted molar refractivity (Wildman–Crippen MR) is 115 cm³/mol. The third-order valence-electron chi connectivity index (χ3n) is 4.40. The molecule has 0 unspecified atom stereocenters. The van der Waals surface area contributed by atoms with Crippen LogP contribution in [-0.4, -0.2) is 51.6 Å². The van der Waals surface area contributed by atoms with Crippen molar-refractivity contribution in [3.63, 3.8) is 0 Å². The molecule has 0 rings (SSSR count). The molecule has 0 aliphatic rings. The van der Waals surface area contributed by atoms with E-state index in [1.165, 1.54) is 0 Å². The maximum Gasteiger partial charge on any atom is 0.534 e. The van der Waals surface area contributed by atoms with Crippen LogP contribution >= 0.6 is 0 Å². The molecule has 0 aliphatic heterocycles. The van der Waals surface area contributed by atoms with Crippen LogP contribution in [0.4, 0.5) is 0 Å². The summed E-state index contributed by atoms with van der Waals surface area (Å²) >= 11 is 0. The van der Waals surface area contributed by atoms with Crippen molar-refractivity contribution in [3.05, 3.63) is 10.9 Å². The summed E-state index contributed by atoms with van der Waals surface area (Å²) in [4.78, 5) is 0.